The van der Waals surface area contributed by atoms with Crippen LogP contribution in [0.25, 0.3) is 0 Å². The van der Waals surface area contributed by atoms with E-state index in [1.54, 1.807) is 6.07 Å². The number of hydrogen-bond donors (Lipinski definition) is 2. The molecule has 0 aromatic carbocycles. The second kappa shape index (κ2) is 5.06. The number of hydrogen-bond acceptors (Lipinski definition) is 4. The number of aromatic nitrogens is 1. The highest BCUT2D eigenvalue weighted by Gasteiger charge is 2.39. The number of carbonyl (C=O) groups excluding carboxylic acids is 2. The van der Waals surface area contributed by atoms with Gasteiger partial charge in [-0.25, -0.2) is 0 Å². The van der Waals surface area contributed by atoms with E-state index < -0.39 is 5.41 Å². The van der Waals surface area contributed by atoms with Crippen LogP contribution in [0.15, 0.2) is 6.07 Å². The summed E-state index contributed by atoms with van der Waals surface area (Å²) < 4.78 is 4.04. The minimum atomic E-state index is -0.555. The van der Waals surface area contributed by atoms with Crippen LogP contribution in [0, 0.1) is 12.3 Å². The third-order valence-corrected chi connectivity index (χ3v) is 4.23. The van der Waals surface area contributed by atoms with Gasteiger partial charge in [0, 0.05) is 11.4 Å². The molecule has 1 saturated carbocycles. The number of carbonyl (C=O) groups is 2. The first-order valence-electron chi connectivity index (χ1n) is 6.05. The maximum Gasteiger partial charge on any atom is 0.271 e. The molecule has 1 aromatic rings. The Labute approximate surface area is 110 Å². The lowest BCUT2D eigenvalue weighted by atomic mass is 9.85. The zero-order valence-corrected chi connectivity index (χ0v) is 11.2. The summed E-state index contributed by atoms with van der Waals surface area (Å²) in [5, 5.41) is 2.78. The van der Waals surface area contributed by atoms with Gasteiger partial charge in [-0.3, -0.25) is 9.59 Å². The molecule has 0 saturated heterocycles. The van der Waals surface area contributed by atoms with Crippen molar-refractivity contribution < 1.29 is 9.59 Å². The van der Waals surface area contributed by atoms with Crippen molar-refractivity contribution in [1.29, 1.82) is 0 Å². The van der Waals surface area contributed by atoms with Crippen molar-refractivity contribution in [3.8, 4) is 0 Å². The predicted octanol–water partition coefficient (Wildman–Crippen LogP) is 1.23. The van der Waals surface area contributed by atoms with E-state index in [2.05, 4.69) is 9.69 Å². The van der Waals surface area contributed by atoms with Crippen LogP contribution in [-0.4, -0.2) is 22.7 Å². The summed E-state index contributed by atoms with van der Waals surface area (Å²) >= 11 is 1.29. The summed E-state index contributed by atoms with van der Waals surface area (Å²) in [4.78, 5) is 24.4. The molecule has 1 heterocycles. The molecule has 0 bridgehead atoms. The van der Waals surface area contributed by atoms with Gasteiger partial charge >= 0.3 is 0 Å². The smallest absolute Gasteiger partial charge is 0.271 e. The molecular weight excluding hydrogens is 250 g/mol. The Bertz CT molecular complexity index is 464. The van der Waals surface area contributed by atoms with Crippen molar-refractivity contribution in [3.05, 3.63) is 16.6 Å². The van der Waals surface area contributed by atoms with Gasteiger partial charge < -0.3 is 11.1 Å². The maximum atomic E-state index is 11.9. The Hall–Kier alpha value is -1.43. The van der Waals surface area contributed by atoms with Crippen molar-refractivity contribution in [1.82, 2.24) is 9.69 Å². The SMILES string of the molecule is Cc1cc(C(=O)NCC2(C(N)=O)CCCC2)ns1. The number of nitrogens with two attached hydrogens (primary N) is 1. The van der Waals surface area contributed by atoms with E-state index in [4.69, 9.17) is 5.73 Å². The van der Waals surface area contributed by atoms with E-state index in [9.17, 15) is 9.59 Å². The molecule has 0 spiro atoms. The molecule has 3 N–H and O–H groups in total. The largest absolute Gasteiger partial charge is 0.369 e. The van der Waals surface area contributed by atoms with Gasteiger partial charge in [-0.1, -0.05) is 12.8 Å². The summed E-state index contributed by atoms with van der Waals surface area (Å²) in [6.07, 6.45) is 3.51. The van der Waals surface area contributed by atoms with Crippen LogP contribution in [0.4, 0.5) is 0 Å². The molecule has 2 amide bonds. The average Bonchev–Trinajstić information content (AvgIpc) is 2.95. The van der Waals surface area contributed by atoms with Gasteiger partial charge in [0.05, 0.1) is 5.41 Å². The minimum Gasteiger partial charge on any atom is -0.369 e. The fourth-order valence-electron chi connectivity index (χ4n) is 2.38. The highest BCUT2D eigenvalue weighted by molar-refractivity contribution is 7.05. The molecule has 1 fully saturated rings. The van der Waals surface area contributed by atoms with E-state index in [0.717, 1.165) is 30.6 Å². The summed E-state index contributed by atoms with van der Waals surface area (Å²) in [6, 6.07) is 1.74. The number of rotatable bonds is 4. The van der Waals surface area contributed by atoms with Gasteiger partial charge in [-0.2, -0.15) is 4.37 Å². The third kappa shape index (κ3) is 2.53. The molecule has 0 unspecified atom stereocenters. The van der Waals surface area contributed by atoms with E-state index in [-0.39, 0.29) is 11.8 Å². The number of nitrogens with one attached hydrogen (secondary N) is 1. The lowest BCUT2D eigenvalue weighted by Gasteiger charge is -2.24. The average molecular weight is 267 g/mol. The topological polar surface area (TPSA) is 85.1 Å². The number of amides is 2. The van der Waals surface area contributed by atoms with Crippen molar-refractivity contribution in [2.75, 3.05) is 6.54 Å². The van der Waals surface area contributed by atoms with Crippen LogP contribution in [-0.2, 0) is 4.79 Å². The zero-order chi connectivity index (χ0) is 13.2. The Kier molecular flexibility index (Phi) is 3.65. The molecule has 98 valence electrons. The molecule has 5 nitrogen and oxygen atoms in total. The first kappa shape index (κ1) is 13.0. The molecule has 1 aromatic heterocycles. The van der Waals surface area contributed by atoms with E-state index in [1.807, 2.05) is 6.92 Å². The van der Waals surface area contributed by atoms with Gasteiger partial charge in [-0.05, 0) is 37.4 Å². The summed E-state index contributed by atoms with van der Waals surface area (Å²) in [6.45, 7) is 2.22. The maximum absolute atomic E-state index is 11.9. The molecule has 6 heteroatoms. The Morgan fingerprint density at radius 1 is 1.50 bits per heavy atom. The van der Waals surface area contributed by atoms with E-state index >= 15 is 0 Å². The quantitative estimate of drug-likeness (QED) is 0.860. The lowest BCUT2D eigenvalue weighted by molar-refractivity contribution is -0.127. The van der Waals surface area contributed by atoms with Crippen molar-refractivity contribution >= 4 is 23.3 Å². The van der Waals surface area contributed by atoms with E-state index in [0.29, 0.717) is 12.2 Å². The Morgan fingerprint density at radius 3 is 2.67 bits per heavy atom. The van der Waals surface area contributed by atoms with Gasteiger partial charge in [0.1, 0.15) is 5.69 Å². The second-order valence-electron chi connectivity index (χ2n) is 4.86. The third-order valence-electron chi connectivity index (χ3n) is 3.53. The van der Waals surface area contributed by atoms with Gasteiger partial charge in [0.15, 0.2) is 0 Å². The monoisotopic (exact) mass is 267 g/mol. The molecule has 0 atom stereocenters. The van der Waals surface area contributed by atoms with Crippen LogP contribution in [0.3, 0.4) is 0 Å². The van der Waals surface area contributed by atoms with Crippen LogP contribution in [0.2, 0.25) is 0 Å². The molecule has 0 aliphatic heterocycles. The van der Waals surface area contributed by atoms with E-state index in [1.165, 1.54) is 11.5 Å². The molecule has 1 aliphatic carbocycles. The Balaban J connectivity index is 1.98. The summed E-state index contributed by atoms with van der Waals surface area (Å²) in [5.41, 5.74) is 5.32. The van der Waals surface area contributed by atoms with Crippen molar-refractivity contribution in [2.45, 2.75) is 32.6 Å². The Morgan fingerprint density at radius 2 is 2.17 bits per heavy atom. The highest BCUT2D eigenvalue weighted by atomic mass is 32.1. The van der Waals surface area contributed by atoms with Gasteiger partial charge in [0.2, 0.25) is 5.91 Å². The fourth-order valence-corrected chi connectivity index (χ4v) is 2.92. The minimum absolute atomic E-state index is 0.230. The standard InChI is InChI=1S/C12H17N3O2S/c1-8-6-9(15-18-8)10(16)14-7-12(11(13)17)4-2-3-5-12/h6H,2-5,7H2,1H3,(H2,13,17)(H,14,16). The molecule has 1 aliphatic rings. The summed E-state index contributed by atoms with van der Waals surface area (Å²) in [7, 11) is 0. The van der Waals surface area contributed by atoms with Crippen LogP contribution >= 0.6 is 11.5 Å². The molecular formula is C12H17N3O2S. The summed E-state index contributed by atoms with van der Waals surface area (Å²) in [5.74, 6) is -0.540. The lowest BCUT2D eigenvalue weighted by Crippen LogP contribution is -2.44. The van der Waals surface area contributed by atoms with Crippen LogP contribution in [0.1, 0.15) is 41.0 Å². The first-order chi connectivity index (χ1) is 8.53. The zero-order valence-electron chi connectivity index (χ0n) is 10.4. The van der Waals surface area contributed by atoms with Crippen LogP contribution < -0.4 is 11.1 Å². The number of nitrogens with zero attached hydrogens (tertiary/aromatic N) is 1. The van der Waals surface area contributed by atoms with Crippen molar-refractivity contribution in [2.24, 2.45) is 11.1 Å². The van der Waals surface area contributed by atoms with Gasteiger partial charge in [0.25, 0.3) is 5.91 Å². The van der Waals surface area contributed by atoms with Crippen LogP contribution in [0.5, 0.6) is 0 Å². The predicted molar refractivity (Wildman–Crippen MR) is 69.3 cm³/mol. The van der Waals surface area contributed by atoms with Gasteiger partial charge in [-0.15, -0.1) is 0 Å². The first-order valence-corrected chi connectivity index (χ1v) is 6.82. The highest BCUT2D eigenvalue weighted by Crippen LogP contribution is 2.37. The molecule has 18 heavy (non-hydrogen) atoms. The number of aryl methyl sites for hydroxylation is 1. The molecule has 2 rings (SSSR count). The molecule has 0 radical (unpaired) electrons. The van der Waals surface area contributed by atoms with Crippen molar-refractivity contribution in [3.63, 3.8) is 0 Å². The second-order valence-corrected chi connectivity index (χ2v) is 5.87. The fraction of sp³-hybridized carbons (Fsp3) is 0.583. The normalized spacial score (nSPS) is 17.6. The number of primary amides is 1.